The first-order valence-electron chi connectivity index (χ1n) is 22.9. The minimum atomic E-state index is -1.75. The molecule has 1 unspecified atom stereocenters. The third kappa shape index (κ3) is 8.31. The lowest BCUT2D eigenvalue weighted by molar-refractivity contribution is -0.356. The summed E-state index contributed by atoms with van der Waals surface area (Å²) in [5.74, 6) is -0.0234. The highest BCUT2D eigenvalue weighted by atomic mass is 16.8. The number of aliphatic hydroxyl groups excluding tert-OH is 7. The molecule has 4 heterocycles. The van der Waals surface area contributed by atoms with Gasteiger partial charge in [0.25, 0.3) is 0 Å². The first-order valence-corrected chi connectivity index (χ1v) is 22.9. The van der Waals surface area contributed by atoms with Crippen molar-refractivity contribution in [3.8, 4) is 0 Å². The third-order valence-corrected chi connectivity index (χ3v) is 16.8. The fourth-order valence-electron chi connectivity index (χ4n) is 13.6. The van der Waals surface area contributed by atoms with Crippen molar-refractivity contribution < 1.29 is 92.8 Å². The lowest BCUT2D eigenvalue weighted by Gasteiger charge is -2.67. The van der Waals surface area contributed by atoms with Gasteiger partial charge in [-0.05, 0) is 75.5 Å². The van der Waals surface area contributed by atoms with Gasteiger partial charge in [-0.2, -0.15) is 0 Å². The van der Waals surface area contributed by atoms with Gasteiger partial charge < -0.3 is 78.4 Å². The highest BCUT2D eigenvalue weighted by Gasteiger charge is 2.70. The van der Waals surface area contributed by atoms with Gasteiger partial charge in [0, 0.05) is 43.1 Å². The second-order valence-electron chi connectivity index (χ2n) is 20.2. The Morgan fingerprint density at radius 2 is 1.43 bits per heavy atom. The summed E-state index contributed by atoms with van der Waals surface area (Å²) in [6, 6.07) is 0. The van der Waals surface area contributed by atoms with Crippen LogP contribution in [0.15, 0.2) is 0 Å². The van der Waals surface area contributed by atoms with Crippen molar-refractivity contribution in [2.75, 3.05) is 26.9 Å². The molecule has 4 saturated heterocycles. The van der Waals surface area contributed by atoms with Crippen LogP contribution in [-0.2, 0) is 57.0 Å². The highest BCUT2D eigenvalue weighted by molar-refractivity contribution is 5.92. The average molecular weight is 901 g/mol. The molecule has 0 aromatic heterocycles. The van der Waals surface area contributed by atoms with Crippen LogP contribution in [-0.4, -0.2) is 179 Å². The van der Waals surface area contributed by atoms with Crippen LogP contribution in [0.4, 0.5) is 0 Å². The Morgan fingerprint density at radius 1 is 0.762 bits per heavy atom. The van der Waals surface area contributed by atoms with Gasteiger partial charge in [-0.1, -0.05) is 13.8 Å². The van der Waals surface area contributed by atoms with Crippen molar-refractivity contribution in [2.45, 2.75) is 190 Å². The summed E-state index contributed by atoms with van der Waals surface area (Å²) >= 11 is 0. The third-order valence-electron chi connectivity index (χ3n) is 16.8. The standard InChI is InChI=1S/C44H68O19/c1-19-37(63-40-36(53)34(51)32(49)27(62-40)18-57-39-35(52)33(50)31(48)26(16-45)61-39)25(55-5)15-30(58-19)60-24-8-10-42(3)23(38(24)59-20(2)46)7-13-44-12-6-22(21-14-29(47)56-17-21)43(4,41(44)54)11-9-28(42)44/h19,21-28,30-40,45,48-53H,6-18H2,1-5H3/t19-,21?,22+,23-,24-,25+,26+,27+,28+,30-,31+,32+,33-,34-,35+,36+,37-,38+,39+,40-,42-,43+,44-/m0/s1. The molecule has 2 bridgehead atoms. The second-order valence-corrected chi connectivity index (χ2v) is 20.2. The van der Waals surface area contributed by atoms with Gasteiger partial charge in [-0.25, -0.2) is 0 Å². The number of hydrogen-bond donors (Lipinski definition) is 7. The van der Waals surface area contributed by atoms with Crippen LogP contribution in [0, 0.1) is 39.9 Å². The quantitative estimate of drug-likeness (QED) is 0.103. The molecule has 8 aliphatic rings. The normalized spacial score (nSPS) is 52.4. The number of cyclic esters (lactones) is 1. The Balaban J connectivity index is 0.913. The molecule has 63 heavy (non-hydrogen) atoms. The predicted octanol–water partition coefficient (Wildman–Crippen LogP) is -0.382. The molecule has 1 spiro atoms. The number of aliphatic hydroxyl groups is 7. The number of carbonyl (C=O) groups excluding carboxylic acids is 3. The molecule has 19 heteroatoms. The van der Waals surface area contributed by atoms with E-state index in [1.165, 1.54) is 14.0 Å². The van der Waals surface area contributed by atoms with Crippen molar-refractivity contribution in [3.05, 3.63) is 0 Å². The van der Waals surface area contributed by atoms with Gasteiger partial charge in [0.2, 0.25) is 0 Å². The topological polar surface area (TPSA) is 276 Å². The Morgan fingerprint density at radius 3 is 2.08 bits per heavy atom. The SMILES string of the molecule is CO[C@@H]1C[C@H](O[C@H]2CC[C@@]3(C)[C@@H](CC[C@@]45CC[C@H](C6COC(=O)C6)[C@@](C)(CC[C@@H]43)C5=O)[C@H]2OC(C)=O)O[C@@H](C)[C@@H]1O[C@@H]1O[C@H](CO[C@@H]2O[C@H](CO)[C@@H](O)[C@H](O)[C@H]2O)[C@@H](O)[C@H](O)[C@H]1O. The summed E-state index contributed by atoms with van der Waals surface area (Å²) in [5.41, 5.74) is -1.26. The van der Waals surface area contributed by atoms with Gasteiger partial charge in [-0.3, -0.25) is 14.4 Å². The molecule has 7 N–H and O–H groups in total. The van der Waals surface area contributed by atoms with Crippen molar-refractivity contribution in [1.82, 2.24) is 0 Å². The Kier molecular flexibility index (Phi) is 13.8. The van der Waals surface area contributed by atoms with E-state index in [9.17, 15) is 50.1 Å². The van der Waals surface area contributed by atoms with E-state index in [0.717, 1.165) is 32.1 Å². The van der Waals surface area contributed by atoms with Gasteiger partial charge in [0.1, 0.15) is 66.8 Å². The Labute approximate surface area is 366 Å². The molecule has 0 aromatic rings. The molecule has 4 saturated carbocycles. The minimum Gasteiger partial charge on any atom is -0.465 e. The number of ether oxygens (including phenoxy) is 9. The molecule has 0 radical (unpaired) electrons. The molecular formula is C44H68O19. The van der Waals surface area contributed by atoms with Crippen LogP contribution in [0.5, 0.6) is 0 Å². The largest absolute Gasteiger partial charge is 0.465 e. The summed E-state index contributed by atoms with van der Waals surface area (Å²) in [4.78, 5) is 39.7. The summed E-state index contributed by atoms with van der Waals surface area (Å²) in [5, 5.41) is 72.7. The van der Waals surface area contributed by atoms with E-state index in [0.29, 0.717) is 38.1 Å². The van der Waals surface area contributed by atoms with Gasteiger partial charge in [0.05, 0.1) is 44.6 Å². The van der Waals surface area contributed by atoms with Crippen LogP contribution in [0.2, 0.25) is 0 Å². The zero-order chi connectivity index (χ0) is 45.3. The summed E-state index contributed by atoms with van der Waals surface area (Å²) in [6.45, 7) is 6.71. The lowest BCUT2D eigenvalue weighted by atomic mass is 9.36. The fourth-order valence-corrected chi connectivity index (χ4v) is 13.6. The van der Waals surface area contributed by atoms with Crippen LogP contribution in [0.25, 0.3) is 0 Å². The number of carbonyl (C=O) groups is 3. The van der Waals surface area contributed by atoms with E-state index in [2.05, 4.69) is 13.8 Å². The first-order chi connectivity index (χ1) is 29.9. The molecule has 19 nitrogen and oxygen atoms in total. The number of ketones is 1. The van der Waals surface area contributed by atoms with Crippen molar-refractivity contribution in [3.63, 3.8) is 0 Å². The second kappa shape index (κ2) is 18.3. The number of methoxy groups -OCH3 is 1. The van der Waals surface area contributed by atoms with Crippen LogP contribution in [0.1, 0.15) is 91.9 Å². The predicted molar refractivity (Wildman–Crippen MR) is 212 cm³/mol. The maximum atomic E-state index is 14.8. The molecule has 0 aromatic carbocycles. The smallest absolute Gasteiger partial charge is 0.306 e. The molecule has 4 aliphatic heterocycles. The van der Waals surface area contributed by atoms with Crippen LogP contribution < -0.4 is 0 Å². The molecule has 4 aliphatic carbocycles. The fraction of sp³-hybridized carbons (Fsp3) is 0.932. The van der Waals surface area contributed by atoms with E-state index in [1.54, 1.807) is 6.92 Å². The monoisotopic (exact) mass is 900 g/mol. The van der Waals surface area contributed by atoms with Gasteiger partial charge in [-0.15, -0.1) is 0 Å². The highest BCUT2D eigenvalue weighted by Crippen LogP contribution is 2.70. The Hall–Kier alpha value is -1.95. The minimum absolute atomic E-state index is 0.0637. The van der Waals surface area contributed by atoms with E-state index in [-0.39, 0.29) is 41.5 Å². The Bertz CT molecular complexity index is 1670. The van der Waals surface area contributed by atoms with E-state index < -0.39 is 128 Å². The van der Waals surface area contributed by atoms with Gasteiger partial charge in [0.15, 0.2) is 18.9 Å². The molecular weight excluding hydrogens is 832 g/mol. The van der Waals surface area contributed by atoms with Crippen molar-refractivity contribution in [2.24, 2.45) is 39.9 Å². The zero-order valence-electron chi connectivity index (χ0n) is 36.8. The van der Waals surface area contributed by atoms with Gasteiger partial charge >= 0.3 is 11.9 Å². The number of rotatable bonds is 11. The van der Waals surface area contributed by atoms with E-state index in [1.807, 2.05) is 0 Å². The summed E-state index contributed by atoms with van der Waals surface area (Å²) in [6.07, 6.45) is -13.4. The number of fused-ring (bicyclic) bond motifs is 3. The average Bonchev–Trinajstić information content (AvgIpc) is 3.67. The molecule has 8 rings (SSSR count). The maximum Gasteiger partial charge on any atom is 0.306 e. The maximum absolute atomic E-state index is 14.8. The molecule has 8 fully saturated rings. The summed E-state index contributed by atoms with van der Waals surface area (Å²) in [7, 11) is 1.49. The first kappa shape index (κ1) is 47.5. The summed E-state index contributed by atoms with van der Waals surface area (Å²) < 4.78 is 53.5. The molecule has 0 amide bonds. The number of esters is 2. The zero-order valence-corrected chi connectivity index (χ0v) is 36.8. The number of hydrogen-bond acceptors (Lipinski definition) is 19. The van der Waals surface area contributed by atoms with Crippen molar-refractivity contribution in [1.29, 1.82) is 0 Å². The van der Waals surface area contributed by atoms with Crippen LogP contribution >= 0.6 is 0 Å². The number of Topliss-reactive ketones (excluding diaryl/α,β-unsaturated/α-hetero) is 1. The lowest BCUT2D eigenvalue weighted by Crippen LogP contribution is -2.67. The molecule has 23 atom stereocenters. The molecule has 358 valence electrons. The van der Waals surface area contributed by atoms with Crippen LogP contribution in [0.3, 0.4) is 0 Å². The van der Waals surface area contributed by atoms with Crippen molar-refractivity contribution >= 4 is 17.7 Å². The van der Waals surface area contributed by atoms with E-state index in [4.69, 9.17) is 42.6 Å². The van der Waals surface area contributed by atoms with E-state index >= 15 is 0 Å².